The van der Waals surface area contributed by atoms with Gasteiger partial charge in [-0.05, 0) is 13.0 Å². The Balaban J connectivity index is 2.27. The number of methoxy groups -OCH3 is 2. The number of hydrogen-bond donors (Lipinski definition) is 0. The number of carbonyl (C=O) groups is 1. The molecule has 0 aromatic carbocycles. The highest BCUT2D eigenvalue weighted by molar-refractivity contribution is 7.09. The first-order valence-corrected chi connectivity index (χ1v) is 7.22. The highest BCUT2D eigenvalue weighted by Crippen LogP contribution is 2.26. The van der Waals surface area contributed by atoms with Crippen molar-refractivity contribution < 1.29 is 14.3 Å². The first-order valence-electron chi connectivity index (χ1n) is 6.34. The number of carbonyl (C=O) groups excluding carboxylic acids is 1. The van der Waals surface area contributed by atoms with Gasteiger partial charge in [0.25, 0.3) is 5.91 Å². The smallest absolute Gasteiger partial charge is 0.259 e. The molecule has 0 radical (unpaired) electrons. The van der Waals surface area contributed by atoms with Crippen LogP contribution in [0.4, 0.5) is 0 Å². The van der Waals surface area contributed by atoms with Gasteiger partial charge in [-0.1, -0.05) is 0 Å². The van der Waals surface area contributed by atoms with Crippen LogP contribution in [0, 0.1) is 0 Å². The second-order valence-corrected chi connectivity index (χ2v) is 5.30. The predicted octanol–water partition coefficient (Wildman–Crippen LogP) is 2.39. The molecule has 0 unspecified atom stereocenters. The Bertz CT molecular complexity index is 616. The minimum absolute atomic E-state index is 0.121. The Kier molecular flexibility index (Phi) is 4.74. The fourth-order valence-corrected chi connectivity index (χ4v) is 2.57. The van der Waals surface area contributed by atoms with E-state index in [2.05, 4.69) is 9.97 Å². The van der Waals surface area contributed by atoms with Gasteiger partial charge in [0.2, 0.25) is 11.8 Å². The van der Waals surface area contributed by atoms with E-state index in [1.807, 2.05) is 12.3 Å². The lowest BCUT2D eigenvalue weighted by Gasteiger charge is -2.23. The van der Waals surface area contributed by atoms with E-state index in [1.165, 1.54) is 25.6 Å². The van der Waals surface area contributed by atoms with E-state index in [-0.39, 0.29) is 17.8 Å². The molecular weight excluding hydrogens is 290 g/mol. The summed E-state index contributed by atoms with van der Waals surface area (Å²) in [7, 11) is 4.72. The fraction of sp³-hybridized carbons (Fsp3) is 0.357. The van der Waals surface area contributed by atoms with Gasteiger partial charge < -0.3 is 14.4 Å². The van der Waals surface area contributed by atoms with Gasteiger partial charge in [0.15, 0.2) is 0 Å². The van der Waals surface area contributed by atoms with Crippen molar-refractivity contribution >= 4 is 17.2 Å². The number of ether oxygens (including phenoxy) is 2. The lowest BCUT2D eigenvalue weighted by Crippen LogP contribution is -2.30. The zero-order valence-corrected chi connectivity index (χ0v) is 13.2. The highest BCUT2D eigenvalue weighted by atomic mass is 32.1. The first kappa shape index (κ1) is 15.2. The van der Waals surface area contributed by atoms with E-state index in [9.17, 15) is 4.79 Å². The normalized spacial score (nSPS) is 11.8. The molecule has 0 aliphatic rings. The van der Waals surface area contributed by atoms with Gasteiger partial charge in [-0.25, -0.2) is 4.98 Å². The summed E-state index contributed by atoms with van der Waals surface area (Å²) in [4.78, 5) is 22.6. The van der Waals surface area contributed by atoms with Crippen LogP contribution in [0.3, 0.4) is 0 Å². The molecule has 0 bridgehead atoms. The van der Waals surface area contributed by atoms with Gasteiger partial charge in [-0.15, -0.1) is 11.3 Å². The van der Waals surface area contributed by atoms with Crippen molar-refractivity contribution in [3.05, 3.63) is 34.3 Å². The highest BCUT2D eigenvalue weighted by Gasteiger charge is 2.24. The Morgan fingerprint density at radius 3 is 2.67 bits per heavy atom. The van der Waals surface area contributed by atoms with E-state index < -0.39 is 0 Å². The maximum atomic E-state index is 12.6. The summed E-state index contributed by atoms with van der Waals surface area (Å²) < 4.78 is 10.2. The number of nitrogens with zero attached hydrogens (tertiary/aromatic N) is 3. The van der Waals surface area contributed by atoms with Crippen LogP contribution in [0.5, 0.6) is 11.8 Å². The minimum Gasteiger partial charge on any atom is -0.481 e. The summed E-state index contributed by atoms with van der Waals surface area (Å²) in [5.41, 5.74) is 0.393. The molecule has 0 N–H and O–H groups in total. The van der Waals surface area contributed by atoms with Gasteiger partial charge in [0.1, 0.15) is 10.6 Å². The van der Waals surface area contributed by atoms with Gasteiger partial charge >= 0.3 is 0 Å². The van der Waals surface area contributed by atoms with Gasteiger partial charge in [0, 0.05) is 24.7 Å². The molecule has 0 saturated carbocycles. The molecular formula is C14H17N3O3S. The van der Waals surface area contributed by atoms with Gasteiger partial charge in [-0.3, -0.25) is 4.79 Å². The molecule has 0 aliphatic carbocycles. The molecule has 1 atom stereocenters. The summed E-state index contributed by atoms with van der Waals surface area (Å²) in [5, 5.41) is 2.77. The molecule has 0 saturated heterocycles. The molecule has 112 valence electrons. The van der Waals surface area contributed by atoms with Crippen LogP contribution in [0.15, 0.2) is 23.7 Å². The van der Waals surface area contributed by atoms with E-state index in [1.54, 1.807) is 30.3 Å². The van der Waals surface area contributed by atoms with Crippen LogP contribution in [-0.2, 0) is 0 Å². The van der Waals surface area contributed by atoms with Crippen LogP contribution >= 0.6 is 11.3 Å². The number of rotatable bonds is 5. The maximum Gasteiger partial charge on any atom is 0.259 e. The second kappa shape index (κ2) is 6.53. The molecule has 2 aromatic rings. The van der Waals surface area contributed by atoms with E-state index in [0.717, 1.165) is 5.01 Å². The first-order chi connectivity index (χ1) is 10.1. The summed E-state index contributed by atoms with van der Waals surface area (Å²) in [6.45, 7) is 1.93. The van der Waals surface area contributed by atoms with Gasteiger partial charge in [0.05, 0.1) is 20.3 Å². The molecule has 0 aliphatic heterocycles. The van der Waals surface area contributed by atoms with Crippen molar-refractivity contribution in [1.82, 2.24) is 14.9 Å². The second-order valence-electron chi connectivity index (χ2n) is 4.37. The average Bonchev–Trinajstić information content (AvgIpc) is 3.06. The lowest BCUT2D eigenvalue weighted by atomic mass is 10.2. The molecule has 2 heterocycles. The van der Waals surface area contributed by atoms with Crippen LogP contribution in [-0.4, -0.2) is 42.0 Å². The molecule has 6 nitrogen and oxygen atoms in total. The summed E-state index contributed by atoms with van der Waals surface area (Å²) in [6.07, 6.45) is 1.73. The van der Waals surface area contributed by atoms with E-state index in [0.29, 0.717) is 11.4 Å². The summed E-state index contributed by atoms with van der Waals surface area (Å²) in [5.74, 6) is 0.473. The Morgan fingerprint density at radius 1 is 1.33 bits per heavy atom. The Hall–Kier alpha value is -2.15. The van der Waals surface area contributed by atoms with E-state index >= 15 is 0 Å². The molecule has 1 amide bonds. The number of hydrogen-bond acceptors (Lipinski definition) is 6. The summed E-state index contributed by atoms with van der Waals surface area (Å²) in [6, 6.07) is 3.17. The molecule has 0 spiro atoms. The number of thiazole rings is 1. The molecule has 7 heteroatoms. The molecule has 2 aromatic heterocycles. The third-order valence-electron chi connectivity index (χ3n) is 3.18. The monoisotopic (exact) mass is 307 g/mol. The largest absolute Gasteiger partial charge is 0.481 e. The van der Waals surface area contributed by atoms with Gasteiger partial charge in [-0.2, -0.15) is 4.98 Å². The standard InChI is InChI=1S/C14H17N3O3S/c1-9(13-15-7-8-21-13)17(2)14(18)10-5-6-11(19-3)16-12(10)20-4/h5-9H,1-4H3/t9-/m0/s1. The average molecular weight is 307 g/mol. The molecule has 0 fully saturated rings. The number of amides is 1. The van der Waals surface area contributed by atoms with E-state index in [4.69, 9.17) is 9.47 Å². The Labute approximate surface area is 127 Å². The number of aromatic nitrogens is 2. The SMILES string of the molecule is COc1ccc(C(=O)N(C)[C@@H](C)c2nccs2)c(OC)n1. The third kappa shape index (κ3) is 3.13. The van der Waals surface area contributed by atoms with Crippen LogP contribution in [0.1, 0.15) is 28.3 Å². The number of pyridine rings is 1. The topological polar surface area (TPSA) is 64.5 Å². The maximum absolute atomic E-state index is 12.6. The van der Waals surface area contributed by atoms with Crippen molar-refractivity contribution in [2.45, 2.75) is 13.0 Å². The quantitative estimate of drug-likeness (QED) is 0.848. The van der Waals surface area contributed by atoms with Crippen molar-refractivity contribution in [2.24, 2.45) is 0 Å². The zero-order chi connectivity index (χ0) is 15.4. The van der Waals surface area contributed by atoms with Crippen molar-refractivity contribution in [3.63, 3.8) is 0 Å². The molecule has 2 rings (SSSR count). The summed E-state index contributed by atoms with van der Waals surface area (Å²) >= 11 is 1.52. The van der Waals surface area contributed by atoms with Crippen molar-refractivity contribution in [3.8, 4) is 11.8 Å². The van der Waals surface area contributed by atoms with Crippen LogP contribution < -0.4 is 9.47 Å². The zero-order valence-electron chi connectivity index (χ0n) is 12.4. The molecule has 21 heavy (non-hydrogen) atoms. The van der Waals surface area contributed by atoms with Crippen molar-refractivity contribution in [1.29, 1.82) is 0 Å². The van der Waals surface area contributed by atoms with Crippen molar-refractivity contribution in [2.75, 3.05) is 21.3 Å². The lowest BCUT2D eigenvalue weighted by molar-refractivity contribution is 0.0738. The minimum atomic E-state index is -0.176. The predicted molar refractivity (Wildman–Crippen MR) is 80.0 cm³/mol. The van der Waals surface area contributed by atoms with Crippen LogP contribution in [0.25, 0.3) is 0 Å². The fourth-order valence-electron chi connectivity index (χ4n) is 1.83. The third-order valence-corrected chi connectivity index (χ3v) is 4.12. The van der Waals surface area contributed by atoms with Crippen LogP contribution in [0.2, 0.25) is 0 Å². The Morgan fingerprint density at radius 2 is 2.10 bits per heavy atom.